The zero-order valence-corrected chi connectivity index (χ0v) is 14.7. The minimum Gasteiger partial charge on any atom is -0.462 e. The number of ether oxygens (including phenoxy) is 1. The molecule has 0 aromatic heterocycles. The zero-order chi connectivity index (χ0) is 17.6. The standard InChI is InChI=1S/C23H20N2O/c1-23(18-12-6-3-7-13-18)25-21(19-14-8-9-15-22(19)26-23)16-20(24-25)17-10-4-2-5-11-17/h2-15,21H,16H2,1H3. The average molecular weight is 340 g/mol. The van der Waals surface area contributed by atoms with Gasteiger partial charge in [0.2, 0.25) is 5.72 Å². The van der Waals surface area contributed by atoms with Crippen molar-refractivity contribution in [3.05, 3.63) is 102 Å². The molecule has 2 heterocycles. The molecule has 3 nitrogen and oxygen atoms in total. The van der Waals surface area contributed by atoms with Gasteiger partial charge in [0.15, 0.2) is 0 Å². The summed E-state index contributed by atoms with van der Waals surface area (Å²) in [6.45, 7) is 2.11. The van der Waals surface area contributed by atoms with Crippen LogP contribution in [0.4, 0.5) is 0 Å². The smallest absolute Gasteiger partial charge is 0.221 e. The zero-order valence-electron chi connectivity index (χ0n) is 14.7. The van der Waals surface area contributed by atoms with E-state index in [0.29, 0.717) is 0 Å². The van der Waals surface area contributed by atoms with Crippen molar-refractivity contribution in [2.75, 3.05) is 0 Å². The van der Waals surface area contributed by atoms with Gasteiger partial charge in [-0.2, -0.15) is 5.10 Å². The van der Waals surface area contributed by atoms with E-state index in [2.05, 4.69) is 78.7 Å². The first kappa shape index (κ1) is 15.2. The molecular formula is C23H20N2O. The highest BCUT2D eigenvalue weighted by atomic mass is 16.5. The van der Waals surface area contributed by atoms with E-state index < -0.39 is 5.72 Å². The number of benzene rings is 3. The molecule has 3 aromatic carbocycles. The first-order valence-electron chi connectivity index (χ1n) is 9.01. The second kappa shape index (κ2) is 5.73. The fraction of sp³-hybridized carbons (Fsp3) is 0.174. The Morgan fingerprint density at radius 3 is 2.31 bits per heavy atom. The number of hydrazone groups is 1. The fourth-order valence-electron chi connectivity index (χ4n) is 4.00. The Labute approximate surface area is 153 Å². The molecule has 0 aliphatic carbocycles. The molecule has 2 aliphatic heterocycles. The summed E-state index contributed by atoms with van der Waals surface area (Å²) < 4.78 is 6.52. The molecule has 2 aliphatic rings. The van der Waals surface area contributed by atoms with Crippen LogP contribution in [0, 0.1) is 0 Å². The van der Waals surface area contributed by atoms with Crippen LogP contribution in [0.5, 0.6) is 5.75 Å². The Kier molecular flexibility index (Phi) is 3.35. The Hall–Kier alpha value is -3.07. The molecule has 26 heavy (non-hydrogen) atoms. The van der Waals surface area contributed by atoms with Crippen LogP contribution in [-0.2, 0) is 5.72 Å². The molecule has 3 aromatic rings. The van der Waals surface area contributed by atoms with Crippen LogP contribution < -0.4 is 4.74 Å². The lowest BCUT2D eigenvalue weighted by Gasteiger charge is -2.46. The van der Waals surface area contributed by atoms with Crippen LogP contribution in [0.1, 0.15) is 36.1 Å². The summed E-state index contributed by atoms with van der Waals surface area (Å²) in [6.07, 6.45) is 0.882. The second-order valence-corrected chi connectivity index (χ2v) is 6.97. The van der Waals surface area contributed by atoms with Crippen molar-refractivity contribution < 1.29 is 4.74 Å². The summed E-state index contributed by atoms with van der Waals surface area (Å²) in [5.74, 6) is 0.949. The number of para-hydroxylation sites is 1. The van der Waals surface area contributed by atoms with Crippen molar-refractivity contribution in [2.24, 2.45) is 5.10 Å². The molecule has 0 saturated heterocycles. The SMILES string of the molecule is CC1(c2ccccc2)Oc2ccccc2C2CC(c3ccccc3)=NN21. The molecule has 0 fully saturated rings. The van der Waals surface area contributed by atoms with Gasteiger partial charge >= 0.3 is 0 Å². The van der Waals surface area contributed by atoms with Crippen LogP contribution >= 0.6 is 0 Å². The van der Waals surface area contributed by atoms with Crippen LogP contribution in [0.15, 0.2) is 90.0 Å². The van der Waals surface area contributed by atoms with E-state index in [1.807, 2.05) is 18.2 Å². The third-order valence-electron chi connectivity index (χ3n) is 5.35. The highest BCUT2D eigenvalue weighted by Crippen LogP contribution is 2.50. The highest BCUT2D eigenvalue weighted by Gasteiger charge is 2.48. The van der Waals surface area contributed by atoms with E-state index in [1.165, 1.54) is 11.1 Å². The molecule has 0 spiro atoms. The fourth-order valence-corrected chi connectivity index (χ4v) is 4.00. The molecule has 3 heteroatoms. The van der Waals surface area contributed by atoms with Gasteiger partial charge < -0.3 is 4.74 Å². The number of hydrogen-bond donors (Lipinski definition) is 0. The summed E-state index contributed by atoms with van der Waals surface area (Å²) >= 11 is 0. The van der Waals surface area contributed by atoms with E-state index in [-0.39, 0.29) is 6.04 Å². The molecule has 0 amide bonds. The molecule has 2 atom stereocenters. The number of rotatable bonds is 2. The third kappa shape index (κ3) is 2.24. The van der Waals surface area contributed by atoms with Crippen LogP contribution in [0.25, 0.3) is 0 Å². The molecule has 5 rings (SSSR count). The molecule has 0 saturated carbocycles. The maximum Gasteiger partial charge on any atom is 0.221 e. The topological polar surface area (TPSA) is 24.8 Å². The summed E-state index contributed by atoms with van der Waals surface area (Å²) in [4.78, 5) is 0. The minimum absolute atomic E-state index is 0.181. The minimum atomic E-state index is -0.628. The van der Waals surface area contributed by atoms with E-state index in [9.17, 15) is 0 Å². The normalized spacial score (nSPS) is 23.7. The van der Waals surface area contributed by atoms with Crippen molar-refractivity contribution in [3.8, 4) is 5.75 Å². The van der Waals surface area contributed by atoms with E-state index in [1.54, 1.807) is 0 Å². The van der Waals surface area contributed by atoms with Crippen molar-refractivity contribution in [3.63, 3.8) is 0 Å². The third-order valence-corrected chi connectivity index (χ3v) is 5.35. The van der Waals surface area contributed by atoms with Crippen LogP contribution in [0.2, 0.25) is 0 Å². The van der Waals surface area contributed by atoms with Gasteiger partial charge in [0, 0.05) is 24.5 Å². The van der Waals surface area contributed by atoms with E-state index in [4.69, 9.17) is 9.84 Å². The van der Waals surface area contributed by atoms with Gasteiger partial charge in [0.25, 0.3) is 0 Å². The van der Waals surface area contributed by atoms with Gasteiger partial charge in [-0.3, -0.25) is 0 Å². The lowest BCUT2D eigenvalue weighted by atomic mass is 9.92. The number of nitrogens with zero attached hydrogens (tertiary/aromatic N) is 2. The van der Waals surface area contributed by atoms with Gasteiger partial charge in [0.05, 0.1) is 11.8 Å². The number of fused-ring (bicyclic) bond motifs is 3. The summed E-state index contributed by atoms with van der Waals surface area (Å²) in [6, 6.07) is 29.3. The maximum atomic E-state index is 6.52. The Bertz CT molecular complexity index is 968. The van der Waals surface area contributed by atoms with Gasteiger partial charge in [-0.25, -0.2) is 5.01 Å². The quantitative estimate of drug-likeness (QED) is 0.648. The van der Waals surface area contributed by atoms with Gasteiger partial charge in [-0.1, -0.05) is 78.9 Å². The van der Waals surface area contributed by atoms with Crippen molar-refractivity contribution in [2.45, 2.75) is 25.1 Å². The highest BCUT2D eigenvalue weighted by molar-refractivity contribution is 6.01. The lowest BCUT2D eigenvalue weighted by molar-refractivity contribution is -0.112. The van der Waals surface area contributed by atoms with Gasteiger partial charge in [-0.05, 0) is 11.6 Å². The first-order valence-corrected chi connectivity index (χ1v) is 9.01. The summed E-state index contributed by atoms with van der Waals surface area (Å²) in [5.41, 5.74) is 3.97. The molecule has 0 N–H and O–H groups in total. The van der Waals surface area contributed by atoms with Crippen LogP contribution in [-0.4, -0.2) is 10.7 Å². The first-order chi connectivity index (χ1) is 12.8. The summed E-state index contributed by atoms with van der Waals surface area (Å²) in [5, 5.41) is 7.18. The largest absolute Gasteiger partial charge is 0.462 e. The van der Waals surface area contributed by atoms with E-state index in [0.717, 1.165) is 23.4 Å². The Balaban J connectivity index is 1.66. The Morgan fingerprint density at radius 2 is 1.54 bits per heavy atom. The van der Waals surface area contributed by atoms with Crippen LogP contribution in [0.3, 0.4) is 0 Å². The van der Waals surface area contributed by atoms with Crippen molar-refractivity contribution in [1.82, 2.24) is 5.01 Å². The molecule has 2 unspecified atom stereocenters. The molecule has 128 valence electrons. The predicted octanol–water partition coefficient (Wildman–Crippen LogP) is 5.10. The Morgan fingerprint density at radius 1 is 0.885 bits per heavy atom. The van der Waals surface area contributed by atoms with Gasteiger partial charge in [-0.15, -0.1) is 0 Å². The lowest BCUT2D eigenvalue weighted by Crippen LogP contribution is -2.48. The van der Waals surface area contributed by atoms with Crippen molar-refractivity contribution in [1.29, 1.82) is 0 Å². The average Bonchev–Trinajstić information content (AvgIpc) is 3.16. The monoisotopic (exact) mass is 340 g/mol. The molecular weight excluding hydrogens is 320 g/mol. The second-order valence-electron chi connectivity index (χ2n) is 6.97. The van der Waals surface area contributed by atoms with Gasteiger partial charge in [0.1, 0.15) is 5.75 Å². The van der Waals surface area contributed by atoms with Crippen molar-refractivity contribution >= 4 is 5.71 Å². The maximum absolute atomic E-state index is 6.52. The molecule has 0 radical (unpaired) electrons. The molecule has 0 bridgehead atoms. The summed E-state index contributed by atoms with van der Waals surface area (Å²) in [7, 11) is 0. The van der Waals surface area contributed by atoms with E-state index >= 15 is 0 Å². The number of hydrogen-bond acceptors (Lipinski definition) is 3. The predicted molar refractivity (Wildman–Crippen MR) is 103 cm³/mol.